The van der Waals surface area contributed by atoms with Gasteiger partial charge in [-0.1, -0.05) is 0 Å². The Morgan fingerprint density at radius 2 is 2.33 bits per heavy atom. The Morgan fingerprint density at radius 1 is 1.67 bits per heavy atom. The molecule has 7 heteroatoms. The number of aliphatic imine (C=N–C) groups is 1. The van der Waals surface area contributed by atoms with E-state index in [2.05, 4.69) is 15.5 Å². The van der Waals surface area contributed by atoms with Crippen LogP contribution in [-0.4, -0.2) is 16.8 Å². The average Bonchev–Trinajstić information content (AvgIpc) is 2.14. The van der Waals surface area contributed by atoms with Crippen LogP contribution in [0.15, 0.2) is 10.1 Å². The van der Waals surface area contributed by atoms with Crippen LogP contribution in [0.4, 0.5) is 0 Å². The molecule has 2 N–H and O–H groups in total. The molecule has 0 bridgehead atoms. The first-order chi connectivity index (χ1) is 4.20. The fourth-order valence-corrected chi connectivity index (χ4v) is 0.320. The number of guanidine groups is 2. The summed E-state index contributed by atoms with van der Waals surface area (Å²) in [5, 5.41) is 12.8. The van der Waals surface area contributed by atoms with Gasteiger partial charge in [0.25, 0.3) is 0 Å². The highest BCUT2D eigenvalue weighted by atomic mass is 16.6. The summed E-state index contributed by atoms with van der Waals surface area (Å²) < 4.78 is 0. The summed E-state index contributed by atoms with van der Waals surface area (Å²) in [4.78, 5) is 12.2. The second-order valence-electron chi connectivity index (χ2n) is 1.23. The van der Waals surface area contributed by atoms with Gasteiger partial charge in [0, 0.05) is 0 Å². The number of nitrogens with zero attached hydrogens (tertiary/aromatic N) is 4. The van der Waals surface area contributed by atoms with Crippen LogP contribution in [0, 0.1) is 10.1 Å². The van der Waals surface area contributed by atoms with Crippen molar-refractivity contribution >= 4 is 11.9 Å². The van der Waals surface area contributed by atoms with E-state index in [9.17, 15) is 10.1 Å². The minimum absolute atomic E-state index is 0.179. The van der Waals surface area contributed by atoms with Crippen LogP contribution >= 0.6 is 0 Å². The third kappa shape index (κ3) is 0.929. The zero-order chi connectivity index (χ0) is 6.85. The van der Waals surface area contributed by atoms with E-state index in [1.165, 1.54) is 0 Å². The lowest BCUT2D eigenvalue weighted by atomic mass is 11.0. The van der Waals surface area contributed by atoms with Gasteiger partial charge in [-0.15, -0.1) is 0 Å². The summed E-state index contributed by atoms with van der Waals surface area (Å²) in [7, 11) is 0. The maximum Gasteiger partial charge on any atom is 0.494 e. The predicted molar refractivity (Wildman–Crippen MR) is 28.2 cm³/mol. The fourth-order valence-electron chi connectivity index (χ4n) is 0.320. The second kappa shape index (κ2) is 1.69. The Balaban J connectivity index is 2.75. The number of nitrogens with two attached hydrogens (primary N) is 1. The average molecular weight is 128 g/mol. The molecule has 0 unspecified atom stereocenters. The molecule has 0 saturated heterocycles. The maximum absolute atomic E-state index is 9.80. The van der Waals surface area contributed by atoms with Crippen molar-refractivity contribution in [1.29, 1.82) is 0 Å². The lowest BCUT2D eigenvalue weighted by Crippen LogP contribution is -2.17. The molecule has 0 atom stereocenters. The molecular weight excluding hydrogens is 126 g/mol. The minimum atomic E-state index is -0.761. The lowest BCUT2D eigenvalue weighted by molar-refractivity contribution is -0.352. The van der Waals surface area contributed by atoms with Crippen LogP contribution < -0.4 is 11.2 Å². The summed E-state index contributed by atoms with van der Waals surface area (Å²) in [5.74, 6) is -0.741. The summed E-state index contributed by atoms with van der Waals surface area (Å²) in [5.41, 5.74) is 8.04. The molecule has 0 aliphatic carbocycles. The topological polar surface area (TPSA) is 108 Å². The van der Waals surface area contributed by atoms with Gasteiger partial charge in [0.05, 0.1) is 5.10 Å². The van der Waals surface area contributed by atoms with E-state index in [1.54, 1.807) is 0 Å². The van der Waals surface area contributed by atoms with Crippen molar-refractivity contribution in [3.63, 3.8) is 0 Å². The molecule has 1 rings (SSSR count). The molecule has 47 valence electrons. The van der Waals surface area contributed by atoms with Gasteiger partial charge in [0.2, 0.25) is 0 Å². The number of hydrogen-bond acceptors (Lipinski definition) is 5. The monoisotopic (exact) mass is 128 g/mol. The summed E-state index contributed by atoms with van der Waals surface area (Å²) in [6.45, 7) is 0. The summed E-state index contributed by atoms with van der Waals surface area (Å²) >= 11 is 0. The molecule has 1 aliphatic rings. The van der Waals surface area contributed by atoms with Gasteiger partial charge in [-0.05, 0) is 15.3 Å². The van der Waals surface area contributed by atoms with Crippen LogP contribution in [-0.2, 0) is 0 Å². The Hall–Kier alpha value is -1.66. The molecule has 0 aromatic heterocycles. The molecule has 0 fully saturated rings. The normalized spacial score (nSPS) is 16.0. The molecule has 9 heavy (non-hydrogen) atoms. The van der Waals surface area contributed by atoms with Crippen LogP contribution in [0.3, 0.4) is 0 Å². The third-order valence-electron chi connectivity index (χ3n) is 0.620. The molecule has 0 saturated carbocycles. The summed E-state index contributed by atoms with van der Waals surface area (Å²) in [6.07, 6.45) is 0. The first-order valence-electron chi connectivity index (χ1n) is 1.97. The Kier molecular flexibility index (Phi) is 1.03. The molecular formula is C2H2N5O2. The standard InChI is InChI=1S/C2H2N5O2/c3-1-4-2(6-5-1)7(8)9/h(H2,3,4,6). The first kappa shape index (κ1) is 5.48. The van der Waals surface area contributed by atoms with E-state index in [0.717, 1.165) is 0 Å². The largest absolute Gasteiger partial charge is 0.494 e. The molecule has 0 aromatic rings. The van der Waals surface area contributed by atoms with E-state index >= 15 is 0 Å². The van der Waals surface area contributed by atoms with E-state index < -0.39 is 10.9 Å². The molecule has 1 heterocycles. The molecule has 1 radical (unpaired) electrons. The smallest absolute Gasteiger partial charge is 0.390 e. The van der Waals surface area contributed by atoms with E-state index in [-0.39, 0.29) is 5.96 Å². The van der Waals surface area contributed by atoms with E-state index in [4.69, 9.17) is 5.73 Å². The fraction of sp³-hybridized carbons (Fsp3) is 0. The zero-order valence-electron chi connectivity index (χ0n) is 4.18. The number of hydrogen-bond donors (Lipinski definition) is 1. The highest BCUT2D eigenvalue weighted by molar-refractivity contribution is 5.94. The van der Waals surface area contributed by atoms with Crippen molar-refractivity contribution in [2.75, 3.05) is 0 Å². The first-order valence-corrected chi connectivity index (χ1v) is 1.97. The molecule has 1 aliphatic heterocycles. The molecule has 7 nitrogen and oxygen atoms in total. The van der Waals surface area contributed by atoms with Crippen molar-refractivity contribution in [2.45, 2.75) is 0 Å². The predicted octanol–water partition coefficient (Wildman–Crippen LogP) is -1.53. The highest BCUT2D eigenvalue weighted by Gasteiger charge is 2.21. The van der Waals surface area contributed by atoms with Gasteiger partial charge in [-0.2, -0.15) is 0 Å². The van der Waals surface area contributed by atoms with Crippen LogP contribution in [0.1, 0.15) is 0 Å². The Morgan fingerprint density at radius 3 is 2.56 bits per heavy atom. The van der Waals surface area contributed by atoms with Crippen LogP contribution in [0.25, 0.3) is 0 Å². The SMILES string of the molecule is NC1=NC([N+](=O)[O-])=N[N]1. The Bertz CT molecular complexity index is 205. The van der Waals surface area contributed by atoms with E-state index in [0.29, 0.717) is 0 Å². The number of rotatable bonds is 0. The van der Waals surface area contributed by atoms with Crippen molar-refractivity contribution in [1.82, 2.24) is 5.43 Å². The van der Waals surface area contributed by atoms with Crippen LogP contribution in [0.5, 0.6) is 0 Å². The Labute approximate surface area is 49.4 Å². The highest BCUT2D eigenvalue weighted by Crippen LogP contribution is 1.88. The molecule has 0 amide bonds. The lowest BCUT2D eigenvalue weighted by Gasteiger charge is -1.82. The van der Waals surface area contributed by atoms with Crippen molar-refractivity contribution in [3.05, 3.63) is 10.1 Å². The molecule has 0 spiro atoms. The van der Waals surface area contributed by atoms with Crippen molar-refractivity contribution in [2.24, 2.45) is 15.8 Å². The quantitative estimate of drug-likeness (QED) is 0.315. The van der Waals surface area contributed by atoms with Crippen LogP contribution in [0.2, 0.25) is 0 Å². The van der Waals surface area contributed by atoms with Gasteiger partial charge in [0.15, 0.2) is 0 Å². The maximum atomic E-state index is 9.80. The van der Waals surface area contributed by atoms with Gasteiger partial charge in [-0.25, -0.2) is 0 Å². The van der Waals surface area contributed by atoms with Crippen molar-refractivity contribution in [3.8, 4) is 0 Å². The number of nitro groups is 1. The van der Waals surface area contributed by atoms with E-state index in [1.807, 2.05) is 0 Å². The summed E-state index contributed by atoms with van der Waals surface area (Å²) in [6, 6.07) is 0. The van der Waals surface area contributed by atoms with Gasteiger partial charge in [-0.3, -0.25) is 0 Å². The second-order valence-corrected chi connectivity index (χ2v) is 1.23. The molecule has 0 aromatic carbocycles. The third-order valence-corrected chi connectivity index (χ3v) is 0.620. The zero-order valence-corrected chi connectivity index (χ0v) is 4.18. The van der Waals surface area contributed by atoms with Gasteiger partial charge >= 0.3 is 11.9 Å². The van der Waals surface area contributed by atoms with Gasteiger partial charge < -0.3 is 15.8 Å². The minimum Gasteiger partial charge on any atom is -0.390 e. The van der Waals surface area contributed by atoms with Crippen molar-refractivity contribution < 1.29 is 4.92 Å². The van der Waals surface area contributed by atoms with Gasteiger partial charge in [0.1, 0.15) is 0 Å².